The number of fused-ring (bicyclic) bond motifs is 1. The number of halogens is 1. The first-order valence-electron chi connectivity index (χ1n) is 7.73. The van der Waals surface area contributed by atoms with E-state index >= 15 is 0 Å². The van der Waals surface area contributed by atoms with Crippen LogP contribution in [-0.4, -0.2) is 15.8 Å². The van der Waals surface area contributed by atoms with Crippen molar-refractivity contribution in [3.63, 3.8) is 0 Å². The number of hydrogen-bond acceptors (Lipinski definition) is 5. The molecule has 1 atom stereocenters. The van der Waals surface area contributed by atoms with Crippen LogP contribution in [0.3, 0.4) is 0 Å². The summed E-state index contributed by atoms with van der Waals surface area (Å²) in [6, 6.07) is 7.25. The van der Waals surface area contributed by atoms with Gasteiger partial charge in [-0.15, -0.1) is 0 Å². The molecule has 4 N–H and O–H groups in total. The van der Waals surface area contributed by atoms with Crippen molar-refractivity contribution in [1.82, 2.24) is 9.97 Å². The van der Waals surface area contributed by atoms with E-state index in [0.29, 0.717) is 28.4 Å². The smallest absolute Gasteiger partial charge is 0.258 e. The number of nitrogens with zero attached hydrogens (tertiary/aromatic N) is 1. The molecule has 1 aromatic heterocycles. The van der Waals surface area contributed by atoms with Crippen molar-refractivity contribution in [2.24, 2.45) is 0 Å². The molecule has 0 radical (unpaired) electrons. The summed E-state index contributed by atoms with van der Waals surface area (Å²) in [5.74, 6) is -0.0601. The van der Waals surface area contributed by atoms with E-state index in [-0.39, 0.29) is 17.3 Å². The first kappa shape index (κ1) is 15.0. The van der Waals surface area contributed by atoms with Crippen molar-refractivity contribution < 1.29 is 4.79 Å². The number of rotatable bonds is 1. The molecule has 0 fully saturated rings. The Hall–Kier alpha value is -2.60. The van der Waals surface area contributed by atoms with Crippen molar-refractivity contribution >= 4 is 29.2 Å². The molecule has 1 aliphatic heterocycles. The van der Waals surface area contributed by atoms with Gasteiger partial charge in [0, 0.05) is 28.6 Å². The number of carbonyl (C=O) groups excluding carboxylic acids is 1. The first-order valence-corrected chi connectivity index (χ1v) is 8.11. The van der Waals surface area contributed by atoms with Crippen LogP contribution in [-0.2, 0) is 4.79 Å². The summed E-state index contributed by atoms with van der Waals surface area (Å²) < 4.78 is 0. The number of hydrogen-bond donors (Lipinski definition) is 3. The van der Waals surface area contributed by atoms with Crippen molar-refractivity contribution in [3.8, 4) is 0 Å². The number of allylic oxidation sites excluding steroid dienone is 2. The number of H-pyrrole nitrogens is 1. The third kappa shape index (κ3) is 2.22. The van der Waals surface area contributed by atoms with Crippen LogP contribution < -0.4 is 16.6 Å². The zero-order valence-electron chi connectivity index (χ0n) is 12.7. The molecule has 0 spiro atoms. The Morgan fingerprint density at radius 1 is 1.21 bits per heavy atom. The molecule has 7 heteroatoms. The van der Waals surface area contributed by atoms with Crippen LogP contribution in [0.1, 0.15) is 36.3 Å². The second-order valence-electron chi connectivity index (χ2n) is 5.96. The van der Waals surface area contributed by atoms with E-state index in [1.165, 1.54) is 0 Å². The molecule has 4 rings (SSSR count). The topological polar surface area (TPSA) is 101 Å². The lowest BCUT2D eigenvalue weighted by atomic mass is 9.76. The van der Waals surface area contributed by atoms with Gasteiger partial charge in [-0.3, -0.25) is 14.6 Å². The average molecular weight is 343 g/mol. The van der Waals surface area contributed by atoms with E-state index in [9.17, 15) is 9.59 Å². The van der Waals surface area contributed by atoms with Gasteiger partial charge in [-0.2, -0.15) is 4.98 Å². The molecule has 0 saturated heterocycles. The fourth-order valence-electron chi connectivity index (χ4n) is 3.50. The maximum atomic E-state index is 12.6. The van der Waals surface area contributed by atoms with E-state index in [1.807, 2.05) is 18.2 Å². The highest BCUT2D eigenvalue weighted by Crippen LogP contribution is 2.44. The number of aromatic nitrogens is 2. The van der Waals surface area contributed by atoms with E-state index in [4.69, 9.17) is 17.3 Å². The Labute approximate surface area is 142 Å². The fourth-order valence-corrected chi connectivity index (χ4v) is 3.74. The number of nitrogen functional groups attached to an aromatic ring is 1. The van der Waals surface area contributed by atoms with E-state index < -0.39 is 5.92 Å². The number of anilines is 2. The normalized spacial score (nSPS) is 19.5. The number of carbonyl (C=O) groups is 1. The predicted molar refractivity (Wildman–Crippen MR) is 92.1 cm³/mol. The van der Waals surface area contributed by atoms with Crippen molar-refractivity contribution in [2.45, 2.75) is 25.2 Å². The number of nitrogens with one attached hydrogen (secondary N) is 2. The minimum atomic E-state index is -0.533. The lowest BCUT2D eigenvalue weighted by Gasteiger charge is -2.33. The summed E-state index contributed by atoms with van der Waals surface area (Å²) >= 11 is 6.37. The fraction of sp³-hybridized carbons (Fsp3) is 0.235. The molecule has 1 aliphatic carbocycles. The summed E-state index contributed by atoms with van der Waals surface area (Å²) in [5, 5.41) is 3.65. The van der Waals surface area contributed by atoms with Crippen LogP contribution >= 0.6 is 11.6 Å². The average Bonchev–Trinajstić information content (AvgIpc) is 2.53. The summed E-state index contributed by atoms with van der Waals surface area (Å²) in [6.45, 7) is 0. The second kappa shape index (κ2) is 5.49. The van der Waals surface area contributed by atoms with Gasteiger partial charge in [0.2, 0.25) is 5.95 Å². The molecule has 2 heterocycles. The molecule has 2 aliphatic rings. The second-order valence-corrected chi connectivity index (χ2v) is 6.37. The Balaban J connectivity index is 2.04. The van der Waals surface area contributed by atoms with Crippen LogP contribution in [0.4, 0.5) is 11.8 Å². The molecule has 0 saturated carbocycles. The van der Waals surface area contributed by atoms with Crippen molar-refractivity contribution in [3.05, 3.63) is 62.0 Å². The Kier molecular flexibility index (Phi) is 3.42. The highest BCUT2D eigenvalue weighted by Gasteiger charge is 2.38. The van der Waals surface area contributed by atoms with Gasteiger partial charge in [0.1, 0.15) is 5.82 Å². The predicted octanol–water partition coefficient (Wildman–Crippen LogP) is 2.57. The molecule has 0 amide bonds. The number of Topliss-reactive ketones (excluding diaryl/α,β-unsaturated/α-hetero) is 1. The molecule has 2 aromatic rings. The lowest BCUT2D eigenvalue weighted by molar-refractivity contribution is -0.116. The Morgan fingerprint density at radius 2 is 2.00 bits per heavy atom. The van der Waals surface area contributed by atoms with Crippen molar-refractivity contribution in [1.29, 1.82) is 0 Å². The Morgan fingerprint density at radius 3 is 2.79 bits per heavy atom. The number of aromatic amines is 1. The molecule has 1 aromatic carbocycles. The first-order chi connectivity index (χ1) is 11.6. The van der Waals surface area contributed by atoms with Gasteiger partial charge in [-0.25, -0.2) is 0 Å². The van der Waals surface area contributed by atoms with Gasteiger partial charge < -0.3 is 11.1 Å². The summed E-state index contributed by atoms with van der Waals surface area (Å²) in [4.78, 5) is 31.9. The third-order valence-corrected chi connectivity index (χ3v) is 4.84. The minimum absolute atomic E-state index is 0.0374. The molecular formula is C17H15ClN4O2. The third-order valence-electron chi connectivity index (χ3n) is 4.49. The van der Waals surface area contributed by atoms with Gasteiger partial charge in [0.15, 0.2) is 5.78 Å². The van der Waals surface area contributed by atoms with Crippen LogP contribution in [0.5, 0.6) is 0 Å². The largest absolute Gasteiger partial charge is 0.369 e. The standard InChI is InChI=1S/C17H15ClN4O2/c18-9-5-2-1-4-8(9)12-13-10(6-3-7-11(13)23)20-15-14(12)16(24)22-17(19)21-15/h1-2,4-5,12H,3,6-7H2,(H4,19,20,21,22,24)/t12-/m0/s1. The zero-order chi connectivity index (χ0) is 16.8. The van der Waals surface area contributed by atoms with Gasteiger partial charge in [0.05, 0.1) is 5.56 Å². The molecule has 24 heavy (non-hydrogen) atoms. The highest BCUT2D eigenvalue weighted by atomic mass is 35.5. The Bertz CT molecular complexity index is 948. The summed E-state index contributed by atoms with van der Waals surface area (Å²) in [6.07, 6.45) is 1.97. The maximum absolute atomic E-state index is 12.6. The molecular weight excluding hydrogens is 328 g/mol. The number of nitrogens with two attached hydrogens (primary N) is 1. The molecule has 122 valence electrons. The monoisotopic (exact) mass is 342 g/mol. The minimum Gasteiger partial charge on any atom is -0.369 e. The quantitative estimate of drug-likeness (QED) is 0.739. The van der Waals surface area contributed by atoms with Crippen LogP contribution in [0.25, 0.3) is 0 Å². The van der Waals surface area contributed by atoms with E-state index in [0.717, 1.165) is 24.1 Å². The van der Waals surface area contributed by atoms with Crippen molar-refractivity contribution in [2.75, 3.05) is 11.1 Å². The number of benzene rings is 1. The van der Waals surface area contributed by atoms with Gasteiger partial charge >= 0.3 is 0 Å². The number of ketones is 1. The van der Waals surface area contributed by atoms with E-state index in [2.05, 4.69) is 15.3 Å². The summed E-state index contributed by atoms with van der Waals surface area (Å²) in [5.41, 5.74) is 7.84. The molecule has 0 bridgehead atoms. The highest BCUT2D eigenvalue weighted by molar-refractivity contribution is 6.31. The van der Waals surface area contributed by atoms with Crippen LogP contribution in [0.15, 0.2) is 40.3 Å². The van der Waals surface area contributed by atoms with Gasteiger partial charge in [0.25, 0.3) is 5.56 Å². The molecule has 6 nitrogen and oxygen atoms in total. The molecule has 0 unspecified atom stereocenters. The maximum Gasteiger partial charge on any atom is 0.258 e. The lowest BCUT2D eigenvalue weighted by Crippen LogP contribution is -2.33. The van der Waals surface area contributed by atoms with Gasteiger partial charge in [-0.05, 0) is 24.5 Å². The van der Waals surface area contributed by atoms with Crippen LogP contribution in [0.2, 0.25) is 5.02 Å². The van der Waals surface area contributed by atoms with Gasteiger partial charge in [-0.1, -0.05) is 29.8 Å². The SMILES string of the molecule is Nc1nc2c(c(=O)[nH]1)[C@@H](c1ccccc1Cl)C1=C(CCCC1=O)N2. The van der Waals surface area contributed by atoms with Crippen LogP contribution in [0, 0.1) is 0 Å². The van der Waals surface area contributed by atoms with E-state index in [1.54, 1.807) is 6.07 Å². The zero-order valence-corrected chi connectivity index (χ0v) is 13.5. The summed E-state index contributed by atoms with van der Waals surface area (Å²) in [7, 11) is 0.